The molecule has 0 radical (unpaired) electrons. The second kappa shape index (κ2) is 6.67. The summed E-state index contributed by atoms with van der Waals surface area (Å²) in [5.74, 6) is -0.231. The van der Waals surface area contributed by atoms with Crippen molar-refractivity contribution in [3.05, 3.63) is 29.8 Å². The molecule has 1 rings (SSSR count). The number of likely N-dealkylation sites (N-methyl/N-ethyl adjacent to an activating group) is 1. The van der Waals surface area contributed by atoms with Gasteiger partial charge in [0.2, 0.25) is 0 Å². The molecule has 0 saturated heterocycles. The first kappa shape index (κ1) is 14.1. The molecule has 0 spiro atoms. The van der Waals surface area contributed by atoms with Gasteiger partial charge in [0.25, 0.3) is 5.91 Å². The zero-order chi connectivity index (χ0) is 12.8. The van der Waals surface area contributed by atoms with E-state index in [1.807, 2.05) is 6.26 Å². The molecule has 1 N–H and O–H groups in total. The lowest BCUT2D eigenvalue weighted by atomic mass is 10.1. The highest BCUT2D eigenvalue weighted by Crippen LogP contribution is 2.15. The molecule has 3 nitrogen and oxygen atoms in total. The minimum absolute atomic E-state index is 0.231. The molecule has 0 fully saturated rings. The highest BCUT2D eigenvalue weighted by atomic mass is 32.2. The predicted molar refractivity (Wildman–Crippen MR) is 71.2 cm³/mol. The number of nitrogens with zero attached hydrogens (tertiary/aromatic N) is 1. The van der Waals surface area contributed by atoms with Gasteiger partial charge in [-0.15, -0.1) is 11.8 Å². The Labute approximate surface area is 107 Å². The van der Waals surface area contributed by atoms with Crippen LogP contribution in [0, 0.1) is 0 Å². The number of hydrogen-bond acceptors (Lipinski definition) is 3. The lowest BCUT2D eigenvalue weighted by Gasteiger charge is -2.18. The van der Waals surface area contributed by atoms with Crippen molar-refractivity contribution >= 4 is 17.7 Å². The molecule has 0 saturated carbocycles. The van der Waals surface area contributed by atoms with E-state index >= 15 is 0 Å². The van der Waals surface area contributed by atoms with E-state index in [-0.39, 0.29) is 5.91 Å². The molecule has 0 bridgehead atoms. The lowest BCUT2D eigenvalue weighted by Crippen LogP contribution is -2.35. The molecule has 0 aliphatic rings. The van der Waals surface area contributed by atoms with Crippen LogP contribution in [0.15, 0.2) is 29.2 Å². The van der Waals surface area contributed by atoms with E-state index in [2.05, 4.69) is 24.3 Å². The topological polar surface area (TPSA) is 40.5 Å². The summed E-state index contributed by atoms with van der Waals surface area (Å²) in [6.45, 7) is 2.12. The van der Waals surface area contributed by atoms with Gasteiger partial charge in [-0.05, 0) is 37.3 Å². The summed E-state index contributed by atoms with van der Waals surface area (Å²) in [7, 11) is 1.71. The van der Waals surface area contributed by atoms with Crippen LogP contribution in [0.3, 0.4) is 0 Å². The summed E-state index contributed by atoms with van der Waals surface area (Å²) in [6, 6.07) is 8.31. The number of carbonyl (C=O) groups is 1. The molecular weight excluding hydrogens is 234 g/mol. The molecule has 94 valence electrons. The van der Waals surface area contributed by atoms with Gasteiger partial charge < -0.3 is 10.0 Å². The molecule has 17 heavy (non-hydrogen) atoms. The zero-order valence-corrected chi connectivity index (χ0v) is 11.3. The number of aliphatic hydroxyl groups is 1. The van der Waals surface area contributed by atoms with Crippen LogP contribution in [-0.4, -0.2) is 41.9 Å². The fraction of sp³-hybridized carbons (Fsp3) is 0.462. The smallest absolute Gasteiger partial charge is 0.250 e. The summed E-state index contributed by atoms with van der Waals surface area (Å²) >= 11 is 1.71. The summed E-state index contributed by atoms with van der Waals surface area (Å²) in [5.41, 5.74) is 1.20. The molecule has 1 atom stereocenters. The first-order chi connectivity index (χ1) is 8.04. The SMILES string of the molecule is CSc1ccc(CCN(C)C(=O)C(C)O)cc1. The van der Waals surface area contributed by atoms with Crippen LogP contribution in [0.4, 0.5) is 0 Å². The van der Waals surface area contributed by atoms with Crippen LogP contribution in [0.2, 0.25) is 0 Å². The Balaban J connectivity index is 2.47. The predicted octanol–water partition coefficient (Wildman–Crippen LogP) is 1.79. The minimum atomic E-state index is -0.918. The summed E-state index contributed by atoms with van der Waals surface area (Å²) in [6.07, 6.45) is 1.94. The molecule has 0 aromatic heterocycles. The first-order valence-corrected chi connectivity index (χ1v) is 6.83. The van der Waals surface area contributed by atoms with Crippen molar-refractivity contribution in [2.45, 2.75) is 24.3 Å². The number of amides is 1. The van der Waals surface area contributed by atoms with E-state index in [0.29, 0.717) is 6.54 Å². The number of hydrogen-bond donors (Lipinski definition) is 1. The maximum absolute atomic E-state index is 11.4. The summed E-state index contributed by atoms with van der Waals surface area (Å²) in [4.78, 5) is 14.2. The van der Waals surface area contributed by atoms with E-state index in [1.165, 1.54) is 17.4 Å². The molecule has 4 heteroatoms. The van der Waals surface area contributed by atoms with Gasteiger partial charge in [-0.25, -0.2) is 0 Å². The van der Waals surface area contributed by atoms with Crippen LogP contribution >= 0.6 is 11.8 Å². The number of aliphatic hydroxyl groups excluding tert-OH is 1. The number of benzene rings is 1. The van der Waals surface area contributed by atoms with Crippen molar-refractivity contribution < 1.29 is 9.90 Å². The number of thioether (sulfide) groups is 1. The first-order valence-electron chi connectivity index (χ1n) is 5.60. The molecule has 1 amide bonds. The molecule has 0 aliphatic carbocycles. The van der Waals surface area contributed by atoms with Crippen LogP contribution in [-0.2, 0) is 11.2 Å². The van der Waals surface area contributed by atoms with Crippen molar-refractivity contribution in [1.29, 1.82) is 0 Å². The van der Waals surface area contributed by atoms with Gasteiger partial charge in [-0.3, -0.25) is 4.79 Å². The Kier molecular flexibility index (Phi) is 5.51. The van der Waals surface area contributed by atoms with Gasteiger partial charge in [0, 0.05) is 18.5 Å². The normalized spacial score (nSPS) is 12.2. The van der Waals surface area contributed by atoms with E-state index < -0.39 is 6.10 Å². The van der Waals surface area contributed by atoms with E-state index in [0.717, 1.165) is 6.42 Å². The largest absolute Gasteiger partial charge is 0.384 e. The maximum atomic E-state index is 11.4. The second-order valence-corrected chi connectivity index (χ2v) is 4.91. The van der Waals surface area contributed by atoms with Crippen molar-refractivity contribution in [2.24, 2.45) is 0 Å². The van der Waals surface area contributed by atoms with Gasteiger partial charge in [0.15, 0.2) is 0 Å². The molecule has 0 aliphatic heterocycles. The Morgan fingerprint density at radius 1 is 1.41 bits per heavy atom. The Morgan fingerprint density at radius 2 is 2.00 bits per heavy atom. The van der Waals surface area contributed by atoms with Crippen molar-refractivity contribution in [2.75, 3.05) is 19.8 Å². The highest BCUT2D eigenvalue weighted by Gasteiger charge is 2.13. The van der Waals surface area contributed by atoms with Crippen LogP contribution in [0.1, 0.15) is 12.5 Å². The summed E-state index contributed by atoms with van der Waals surface area (Å²) in [5, 5.41) is 9.16. The van der Waals surface area contributed by atoms with Gasteiger partial charge in [-0.2, -0.15) is 0 Å². The van der Waals surface area contributed by atoms with Crippen LogP contribution in [0.25, 0.3) is 0 Å². The molecule has 1 aromatic rings. The van der Waals surface area contributed by atoms with E-state index in [4.69, 9.17) is 5.11 Å². The van der Waals surface area contributed by atoms with Gasteiger partial charge in [0.05, 0.1) is 0 Å². The molecule has 0 heterocycles. The standard InChI is InChI=1S/C13H19NO2S/c1-10(15)13(16)14(2)9-8-11-4-6-12(17-3)7-5-11/h4-7,10,15H,8-9H2,1-3H3. The van der Waals surface area contributed by atoms with E-state index in [9.17, 15) is 4.79 Å². The average Bonchev–Trinajstić information content (AvgIpc) is 2.35. The van der Waals surface area contributed by atoms with Crippen LogP contribution in [0.5, 0.6) is 0 Å². The average molecular weight is 253 g/mol. The van der Waals surface area contributed by atoms with Gasteiger partial charge in [-0.1, -0.05) is 12.1 Å². The lowest BCUT2D eigenvalue weighted by molar-refractivity contribution is -0.137. The highest BCUT2D eigenvalue weighted by molar-refractivity contribution is 7.98. The number of carbonyl (C=O) groups excluding carboxylic acids is 1. The van der Waals surface area contributed by atoms with Crippen LogP contribution < -0.4 is 0 Å². The van der Waals surface area contributed by atoms with Crippen molar-refractivity contribution in [3.8, 4) is 0 Å². The van der Waals surface area contributed by atoms with Gasteiger partial charge in [0.1, 0.15) is 6.10 Å². The Bertz CT molecular complexity index is 362. The third kappa shape index (κ3) is 4.40. The van der Waals surface area contributed by atoms with Gasteiger partial charge >= 0.3 is 0 Å². The Hall–Kier alpha value is -1.00. The van der Waals surface area contributed by atoms with Crippen molar-refractivity contribution in [3.63, 3.8) is 0 Å². The zero-order valence-electron chi connectivity index (χ0n) is 10.5. The molecular formula is C13H19NO2S. The molecule has 1 unspecified atom stereocenters. The third-order valence-corrected chi connectivity index (χ3v) is 3.37. The number of rotatable bonds is 5. The van der Waals surface area contributed by atoms with Crippen molar-refractivity contribution in [1.82, 2.24) is 4.90 Å². The Morgan fingerprint density at radius 3 is 2.47 bits per heavy atom. The fourth-order valence-electron chi connectivity index (χ4n) is 1.52. The monoisotopic (exact) mass is 253 g/mol. The summed E-state index contributed by atoms with van der Waals surface area (Å²) < 4.78 is 0. The fourth-order valence-corrected chi connectivity index (χ4v) is 1.93. The second-order valence-electron chi connectivity index (χ2n) is 4.03. The third-order valence-electron chi connectivity index (χ3n) is 2.63. The quantitative estimate of drug-likeness (QED) is 0.813. The maximum Gasteiger partial charge on any atom is 0.250 e. The molecule has 1 aromatic carbocycles. The minimum Gasteiger partial charge on any atom is -0.384 e. The van der Waals surface area contributed by atoms with E-state index in [1.54, 1.807) is 23.7 Å².